The summed E-state index contributed by atoms with van der Waals surface area (Å²) < 4.78 is 12.4. The second-order valence-corrected chi connectivity index (χ2v) is 7.55. The summed E-state index contributed by atoms with van der Waals surface area (Å²) in [6.45, 7) is 4.31. The standard InChI is InChI=1S/C21H20N4O3S/c1-12-8-17(24-28-12)21-23-18(11-29-21)19-9-16(20(22)26)13(2)25(19)10-14-4-6-15(27-3)7-5-14/h4-9,11H,10H2,1-3H3,(H2,22,26). The Morgan fingerprint density at radius 1 is 1.21 bits per heavy atom. The Balaban J connectivity index is 1.75. The van der Waals surface area contributed by atoms with E-state index in [1.165, 1.54) is 11.3 Å². The number of methoxy groups -OCH3 is 1. The molecule has 0 fully saturated rings. The first-order chi connectivity index (χ1) is 14.0. The molecule has 0 spiro atoms. The lowest BCUT2D eigenvalue weighted by Crippen LogP contribution is -2.12. The largest absolute Gasteiger partial charge is 0.497 e. The molecule has 0 saturated heterocycles. The Bertz CT molecular complexity index is 1170. The summed E-state index contributed by atoms with van der Waals surface area (Å²) in [6, 6.07) is 11.5. The van der Waals surface area contributed by atoms with Crippen molar-refractivity contribution in [1.82, 2.24) is 14.7 Å². The molecule has 29 heavy (non-hydrogen) atoms. The van der Waals surface area contributed by atoms with E-state index in [1.54, 1.807) is 13.2 Å². The van der Waals surface area contributed by atoms with Crippen LogP contribution in [0.2, 0.25) is 0 Å². The van der Waals surface area contributed by atoms with Crippen molar-refractivity contribution in [2.75, 3.05) is 7.11 Å². The first-order valence-corrected chi connectivity index (χ1v) is 9.86. The number of ether oxygens (including phenoxy) is 1. The Morgan fingerprint density at radius 2 is 1.97 bits per heavy atom. The number of aryl methyl sites for hydroxylation is 1. The average molecular weight is 408 g/mol. The minimum atomic E-state index is -0.459. The number of thiazole rings is 1. The van der Waals surface area contributed by atoms with E-state index < -0.39 is 5.91 Å². The van der Waals surface area contributed by atoms with Gasteiger partial charge in [-0.2, -0.15) is 0 Å². The topological polar surface area (TPSA) is 96.2 Å². The zero-order chi connectivity index (χ0) is 20.5. The van der Waals surface area contributed by atoms with E-state index in [9.17, 15) is 4.79 Å². The monoisotopic (exact) mass is 408 g/mol. The number of nitrogens with zero attached hydrogens (tertiary/aromatic N) is 3. The number of rotatable bonds is 6. The predicted molar refractivity (Wildman–Crippen MR) is 111 cm³/mol. The van der Waals surface area contributed by atoms with Gasteiger partial charge in [-0.3, -0.25) is 4.79 Å². The van der Waals surface area contributed by atoms with Crippen molar-refractivity contribution in [3.05, 3.63) is 64.4 Å². The summed E-state index contributed by atoms with van der Waals surface area (Å²) in [4.78, 5) is 16.6. The molecule has 0 aliphatic heterocycles. The van der Waals surface area contributed by atoms with Crippen LogP contribution < -0.4 is 10.5 Å². The molecule has 148 valence electrons. The average Bonchev–Trinajstić information content (AvgIpc) is 3.42. The molecular weight excluding hydrogens is 388 g/mol. The predicted octanol–water partition coefficient (Wildman–Crippen LogP) is 4.04. The Labute approximate surface area is 171 Å². The van der Waals surface area contributed by atoms with Crippen LogP contribution >= 0.6 is 11.3 Å². The smallest absolute Gasteiger partial charge is 0.250 e. The number of amides is 1. The van der Waals surface area contributed by atoms with E-state index >= 15 is 0 Å². The van der Waals surface area contributed by atoms with Crippen molar-refractivity contribution >= 4 is 17.2 Å². The first kappa shape index (κ1) is 18.9. The fourth-order valence-corrected chi connectivity index (χ4v) is 3.96. The summed E-state index contributed by atoms with van der Waals surface area (Å²) in [7, 11) is 1.64. The molecule has 1 aromatic carbocycles. The number of primary amides is 1. The van der Waals surface area contributed by atoms with Crippen LogP contribution in [-0.2, 0) is 6.54 Å². The highest BCUT2D eigenvalue weighted by molar-refractivity contribution is 7.13. The fraction of sp³-hybridized carbons (Fsp3) is 0.190. The summed E-state index contributed by atoms with van der Waals surface area (Å²) >= 11 is 1.47. The quantitative estimate of drug-likeness (QED) is 0.519. The van der Waals surface area contributed by atoms with Gasteiger partial charge in [0.15, 0.2) is 0 Å². The fourth-order valence-electron chi connectivity index (χ4n) is 3.20. The van der Waals surface area contributed by atoms with E-state index in [4.69, 9.17) is 20.0 Å². The maximum absolute atomic E-state index is 11.9. The third-order valence-corrected chi connectivity index (χ3v) is 5.61. The van der Waals surface area contributed by atoms with Gasteiger partial charge in [-0.05, 0) is 37.6 Å². The van der Waals surface area contributed by atoms with Gasteiger partial charge in [0.25, 0.3) is 5.91 Å². The van der Waals surface area contributed by atoms with Gasteiger partial charge in [-0.15, -0.1) is 11.3 Å². The molecule has 0 radical (unpaired) electrons. The summed E-state index contributed by atoms with van der Waals surface area (Å²) in [5.74, 6) is 1.06. The molecule has 0 aliphatic carbocycles. The van der Waals surface area contributed by atoms with Crippen LogP contribution in [0.5, 0.6) is 5.75 Å². The highest BCUT2D eigenvalue weighted by Gasteiger charge is 2.20. The van der Waals surface area contributed by atoms with Crippen molar-refractivity contribution in [2.45, 2.75) is 20.4 Å². The minimum absolute atomic E-state index is 0.459. The molecule has 3 aromatic heterocycles. The zero-order valence-corrected chi connectivity index (χ0v) is 17.1. The van der Waals surface area contributed by atoms with Crippen LogP contribution in [0.25, 0.3) is 22.1 Å². The normalized spacial score (nSPS) is 11.0. The lowest BCUT2D eigenvalue weighted by atomic mass is 10.2. The molecule has 4 rings (SSSR count). The number of carbonyl (C=O) groups excluding carboxylic acids is 1. The number of nitrogens with two attached hydrogens (primary N) is 1. The van der Waals surface area contributed by atoms with Crippen LogP contribution in [0.3, 0.4) is 0 Å². The van der Waals surface area contributed by atoms with Gasteiger partial charge < -0.3 is 19.6 Å². The highest BCUT2D eigenvalue weighted by atomic mass is 32.1. The molecule has 4 aromatic rings. The van der Waals surface area contributed by atoms with Crippen LogP contribution in [-0.4, -0.2) is 27.7 Å². The molecule has 7 nitrogen and oxygen atoms in total. The molecule has 8 heteroatoms. The van der Waals surface area contributed by atoms with E-state index in [2.05, 4.69) is 9.72 Å². The molecule has 0 unspecified atom stereocenters. The van der Waals surface area contributed by atoms with Crippen molar-refractivity contribution < 1.29 is 14.1 Å². The van der Waals surface area contributed by atoms with E-state index in [1.807, 2.05) is 49.6 Å². The Morgan fingerprint density at radius 3 is 2.59 bits per heavy atom. The number of benzene rings is 1. The van der Waals surface area contributed by atoms with Crippen molar-refractivity contribution in [3.63, 3.8) is 0 Å². The molecule has 0 saturated carbocycles. The molecule has 0 bridgehead atoms. The van der Waals surface area contributed by atoms with Crippen LogP contribution in [0.15, 0.2) is 46.3 Å². The maximum Gasteiger partial charge on any atom is 0.250 e. The first-order valence-electron chi connectivity index (χ1n) is 8.98. The lowest BCUT2D eigenvalue weighted by molar-refractivity contribution is 0.0999. The Hall–Kier alpha value is -3.39. The van der Waals surface area contributed by atoms with Crippen molar-refractivity contribution in [2.24, 2.45) is 5.73 Å². The highest BCUT2D eigenvalue weighted by Crippen LogP contribution is 2.32. The maximum atomic E-state index is 11.9. The number of carbonyl (C=O) groups is 1. The summed E-state index contributed by atoms with van der Waals surface area (Å²) in [6.07, 6.45) is 0. The van der Waals surface area contributed by atoms with E-state index in [-0.39, 0.29) is 0 Å². The number of hydrogen-bond acceptors (Lipinski definition) is 6. The van der Waals surface area contributed by atoms with Crippen LogP contribution in [0.1, 0.15) is 27.4 Å². The number of aromatic nitrogens is 3. The second-order valence-electron chi connectivity index (χ2n) is 6.69. The molecule has 1 amide bonds. The van der Waals surface area contributed by atoms with E-state index in [0.717, 1.165) is 39.2 Å². The second kappa shape index (κ2) is 7.56. The van der Waals surface area contributed by atoms with Gasteiger partial charge in [0.1, 0.15) is 22.2 Å². The molecule has 2 N–H and O–H groups in total. The van der Waals surface area contributed by atoms with Gasteiger partial charge in [-0.25, -0.2) is 4.98 Å². The van der Waals surface area contributed by atoms with Crippen LogP contribution in [0.4, 0.5) is 0 Å². The molecular formula is C21H20N4O3S. The SMILES string of the molecule is COc1ccc(Cn2c(-c3csc(-c4cc(C)on4)n3)cc(C(N)=O)c2C)cc1. The molecule has 3 heterocycles. The summed E-state index contributed by atoms with van der Waals surface area (Å²) in [5, 5.41) is 6.74. The third-order valence-electron chi connectivity index (χ3n) is 4.75. The minimum Gasteiger partial charge on any atom is -0.497 e. The Kier molecular flexibility index (Phi) is 4.94. The van der Waals surface area contributed by atoms with Crippen LogP contribution in [0, 0.1) is 13.8 Å². The number of hydrogen-bond donors (Lipinski definition) is 1. The van der Waals surface area contributed by atoms with E-state index in [0.29, 0.717) is 17.8 Å². The van der Waals surface area contributed by atoms with Gasteiger partial charge in [0.2, 0.25) is 0 Å². The van der Waals surface area contributed by atoms with Gasteiger partial charge in [0.05, 0.1) is 24.1 Å². The molecule has 0 aliphatic rings. The summed E-state index contributed by atoms with van der Waals surface area (Å²) in [5.41, 5.74) is 10.2. The molecule has 0 atom stereocenters. The van der Waals surface area contributed by atoms with Gasteiger partial charge in [0, 0.05) is 23.7 Å². The van der Waals surface area contributed by atoms with Crippen molar-refractivity contribution in [1.29, 1.82) is 0 Å². The third kappa shape index (κ3) is 3.66. The van der Waals surface area contributed by atoms with Gasteiger partial charge in [-0.1, -0.05) is 17.3 Å². The van der Waals surface area contributed by atoms with Gasteiger partial charge >= 0.3 is 0 Å². The van der Waals surface area contributed by atoms with Crippen molar-refractivity contribution in [3.8, 4) is 27.8 Å². The zero-order valence-electron chi connectivity index (χ0n) is 16.3. The lowest BCUT2D eigenvalue weighted by Gasteiger charge is -2.11.